The molecule has 0 aliphatic carbocycles. The number of hydrogen-bond donors (Lipinski definition) is 3. The molecule has 6 nitrogen and oxygen atoms in total. The van der Waals surface area contributed by atoms with Crippen LogP contribution in [-0.2, 0) is 7.05 Å². The molecule has 0 saturated heterocycles. The smallest absolute Gasteiger partial charge is 0.271 e. The Labute approximate surface area is 149 Å². The molecule has 4 rings (SSSR count). The van der Waals surface area contributed by atoms with Crippen LogP contribution in [0.3, 0.4) is 0 Å². The lowest BCUT2D eigenvalue weighted by molar-refractivity contribution is 0.475. The summed E-state index contributed by atoms with van der Waals surface area (Å²) < 4.78 is 1.31. The predicted molar refractivity (Wildman–Crippen MR) is 103 cm³/mol. The number of phenols is 1. The standard InChI is InChI=1S/C20H18N4O2/c1-12-19(11-22-24(2)20(12)26)23-14-9-17(13-4-3-5-15(25)8-13)16-6-7-21-18(16)10-14/h3-11,21,23,25H,1-2H3. The molecule has 6 heteroatoms. The quantitative estimate of drug-likeness (QED) is 0.528. The number of aromatic amines is 1. The summed E-state index contributed by atoms with van der Waals surface area (Å²) in [6, 6.07) is 13.1. The average molecular weight is 346 g/mol. The Hall–Kier alpha value is -3.54. The Morgan fingerprint density at radius 3 is 2.85 bits per heavy atom. The fourth-order valence-corrected chi connectivity index (χ4v) is 3.08. The maximum atomic E-state index is 12.1. The second-order valence-electron chi connectivity index (χ2n) is 6.25. The third-order valence-electron chi connectivity index (χ3n) is 4.48. The first kappa shape index (κ1) is 16.0. The second-order valence-corrected chi connectivity index (χ2v) is 6.25. The molecule has 3 N–H and O–H groups in total. The van der Waals surface area contributed by atoms with Gasteiger partial charge in [0.2, 0.25) is 0 Å². The Morgan fingerprint density at radius 1 is 1.19 bits per heavy atom. The van der Waals surface area contributed by atoms with Crippen molar-refractivity contribution in [2.45, 2.75) is 6.92 Å². The molecule has 0 aliphatic rings. The highest BCUT2D eigenvalue weighted by Crippen LogP contribution is 2.34. The van der Waals surface area contributed by atoms with Crippen LogP contribution in [0.5, 0.6) is 5.75 Å². The van der Waals surface area contributed by atoms with E-state index in [9.17, 15) is 9.90 Å². The molecule has 0 spiro atoms. The number of rotatable bonds is 3. The highest BCUT2D eigenvalue weighted by Gasteiger charge is 2.10. The molecular formula is C20H18N4O2. The molecular weight excluding hydrogens is 328 g/mol. The number of nitrogens with one attached hydrogen (secondary N) is 2. The molecule has 0 saturated carbocycles. The average Bonchev–Trinajstić information content (AvgIpc) is 3.10. The summed E-state index contributed by atoms with van der Waals surface area (Å²) in [7, 11) is 1.63. The largest absolute Gasteiger partial charge is 0.508 e. The number of benzene rings is 2. The molecule has 0 radical (unpaired) electrons. The number of aromatic hydroxyl groups is 1. The van der Waals surface area contributed by atoms with Gasteiger partial charge in [-0.2, -0.15) is 5.10 Å². The summed E-state index contributed by atoms with van der Waals surface area (Å²) in [6.45, 7) is 1.77. The number of hydrogen-bond acceptors (Lipinski definition) is 4. The lowest BCUT2D eigenvalue weighted by Gasteiger charge is -2.12. The van der Waals surface area contributed by atoms with Gasteiger partial charge in [-0.1, -0.05) is 12.1 Å². The van der Waals surface area contributed by atoms with Crippen LogP contribution < -0.4 is 10.9 Å². The molecule has 26 heavy (non-hydrogen) atoms. The highest BCUT2D eigenvalue weighted by molar-refractivity contribution is 5.98. The topological polar surface area (TPSA) is 82.9 Å². The minimum atomic E-state index is -0.135. The number of nitrogens with zero attached hydrogens (tertiary/aromatic N) is 2. The molecule has 4 aromatic rings. The van der Waals surface area contributed by atoms with Crippen LogP contribution in [0.1, 0.15) is 5.56 Å². The zero-order valence-electron chi connectivity index (χ0n) is 14.4. The first-order valence-electron chi connectivity index (χ1n) is 8.23. The van der Waals surface area contributed by atoms with Gasteiger partial charge in [-0.15, -0.1) is 0 Å². The SMILES string of the molecule is Cc1c(Nc2cc(-c3cccc(O)c3)c3cc[nH]c3c2)cnn(C)c1=O. The van der Waals surface area contributed by atoms with Crippen LogP contribution in [0, 0.1) is 6.92 Å². The summed E-state index contributed by atoms with van der Waals surface area (Å²) in [5, 5.41) is 18.3. The second kappa shape index (κ2) is 6.07. The number of anilines is 2. The molecule has 0 fully saturated rings. The van der Waals surface area contributed by atoms with E-state index in [1.807, 2.05) is 36.5 Å². The first-order chi connectivity index (χ1) is 12.5. The lowest BCUT2D eigenvalue weighted by Crippen LogP contribution is -2.22. The Bertz CT molecular complexity index is 1170. The van der Waals surface area contributed by atoms with Crippen molar-refractivity contribution in [1.82, 2.24) is 14.8 Å². The van der Waals surface area contributed by atoms with Gasteiger partial charge in [-0.25, -0.2) is 4.68 Å². The van der Waals surface area contributed by atoms with Crippen LogP contribution in [-0.4, -0.2) is 19.9 Å². The fourth-order valence-electron chi connectivity index (χ4n) is 3.08. The van der Waals surface area contributed by atoms with Crippen LogP contribution >= 0.6 is 0 Å². The zero-order chi connectivity index (χ0) is 18.3. The molecule has 2 heterocycles. The van der Waals surface area contributed by atoms with Crippen molar-refractivity contribution in [3.05, 3.63) is 70.8 Å². The lowest BCUT2D eigenvalue weighted by atomic mass is 10.0. The summed E-state index contributed by atoms with van der Waals surface area (Å²) in [4.78, 5) is 15.3. The normalized spacial score (nSPS) is 11.0. The Morgan fingerprint density at radius 2 is 2.04 bits per heavy atom. The van der Waals surface area contributed by atoms with Crippen molar-refractivity contribution in [3.8, 4) is 16.9 Å². The van der Waals surface area contributed by atoms with Gasteiger partial charge in [0.05, 0.1) is 11.9 Å². The van der Waals surface area contributed by atoms with E-state index in [-0.39, 0.29) is 11.3 Å². The minimum absolute atomic E-state index is 0.135. The van der Waals surface area contributed by atoms with Gasteiger partial charge in [0.15, 0.2) is 0 Å². The number of aryl methyl sites for hydroxylation is 1. The molecule has 2 aromatic heterocycles. The number of fused-ring (bicyclic) bond motifs is 1. The monoisotopic (exact) mass is 346 g/mol. The fraction of sp³-hybridized carbons (Fsp3) is 0.100. The number of H-pyrrole nitrogens is 1. The maximum absolute atomic E-state index is 12.1. The van der Waals surface area contributed by atoms with Gasteiger partial charge in [0.1, 0.15) is 5.75 Å². The van der Waals surface area contributed by atoms with Gasteiger partial charge in [-0.05, 0) is 48.4 Å². The molecule has 0 atom stereocenters. The molecule has 0 amide bonds. The Balaban J connectivity index is 1.85. The van der Waals surface area contributed by atoms with E-state index in [4.69, 9.17) is 0 Å². The summed E-state index contributed by atoms with van der Waals surface area (Å²) in [5.74, 6) is 0.219. The van der Waals surface area contributed by atoms with Crippen molar-refractivity contribution < 1.29 is 5.11 Å². The van der Waals surface area contributed by atoms with Crippen LogP contribution in [0.4, 0.5) is 11.4 Å². The van der Waals surface area contributed by atoms with Crippen LogP contribution in [0.25, 0.3) is 22.0 Å². The van der Waals surface area contributed by atoms with Gasteiger partial charge < -0.3 is 15.4 Å². The van der Waals surface area contributed by atoms with E-state index in [0.29, 0.717) is 11.3 Å². The van der Waals surface area contributed by atoms with Gasteiger partial charge in [0, 0.05) is 35.4 Å². The third kappa shape index (κ3) is 2.71. The molecule has 2 aromatic carbocycles. The van der Waals surface area contributed by atoms with Crippen molar-refractivity contribution in [1.29, 1.82) is 0 Å². The molecule has 0 unspecified atom stereocenters. The van der Waals surface area contributed by atoms with Crippen molar-refractivity contribution in [2.24, 2.45) is 7.05 Å². The van der Waals surface area contributed by atoms with E-state index < -0.39 is 0 Å². The van der Waals surface area contributed by atoms with E-state index in [1.54, 1.807) is 32.3 Å². The first-order valence-corrected chi connectivity index (χ1v) is 8.23. The number of phenolic OH excluding ortho intramolecular Hbond substituents is 1. The van der Waals surface area contributed by atoms with Crippen molar-refractivity contribution >= 4 is 22.3 Å². The third-order valence-corrected chi connectivity index (χ3v) is 4.48. The predicted octanol–water partition coefficient (Wildman–Crippen LogP) is 3.69. The van der Waals surface area contributed by atoms with E-state index >= 15 is 0 Å². The van der Waals surface area contributed by atoms with E-state index in [0.717, 1.165) is 27.7 Å². The summed E-state index contributed by atoms with van der Waals surface area (Å²) in [5.41, 5.74) is 4.82. The summed E-state index contributed by atoms with van der Waals surface area (Å²) in [6.07, 6.45) is 3.52. The van der Waals surface area contributed by atoms with Gasteiger partial charge in [-0.3, -0.25) is 4.79 Å². The molecule has 130 valence electrons. The van der Waals surface area contributed by atoms with E-state index in [2.05, 4.69) is 15.4 Å². The van der Waals surface area contributed by atoms with Gasteiger partial charge in [0.25, 0.3) is 5.56 Å². The summed E-state index contributed by atoms with van der Waals surface area (Å²) >= 11 is 0. The minimum Gasteiger partial charge on any atom is -0.508 e. The highest BCUT2D eigenvalue weighted by atomic mass is 16.3. The van der Waals surface area contributed by atoms with Crippen molar-refractivity contribution in [3.63, 3.8) is 0 Å². The molecule has 0 bridgehead atoms. The maximum Gasteiger partial charge on any atom is 0.271 e. The Kier molecular flexibility index (Phi) is 3.73. The van der Waals surface area contributed by atoms with Gasteiger partial charge >= 0.3 is 0 Å². The van der Waals surface area contributed by atoms with Crippen LogP contribution in [0.15, 0.2) is 59.7 Å². The molecule has 0 aliphatic heterocycles. The van der Waals surface area contributed by atoms with Crippen LogP contribution in [0.2, 0.25) is 0 Å². The number of aromatic nitrogens is 3. The van der Waals surface area contributed by atoms with Crippen molar-refractivity contribution in [2.75, 3.05) is 5.32 Å². The van der Waals surface area contributed by atoms with E-state index in [1.165, 1.54) is 4.68 Å². The zero-order valence-corrected chi connectivity index (χ0v) is 14.4.